The van der Waals surface area contributed by atoms with Gasteiger partial charge in [0.1, 0.15) is 6.61 Å². The molecule has 6 heteroatoms. The molecule has 2 aromatic rings. The Morgan fingerprint density at radius 3 is 2.55 bits per heavy atom. The molecule has 0 aliphatic heterocycles. The molecule has 1 aromatic carbocycles. The summed E-state index contributed by atoms with van der Waals surface area (Å²) in [6.45, 7) is 4.89. The quantitative estimate of drug-likeness (QED) is 0.817. The summed E-state index contributed by atoms with van der Waals surface area (Å²) < 4.78 is 11.1. The van der Waals surface area contributed by atoms with Gasteiger partial charge in [-0.3, -0.25) is 0 Å². The Morgan fingerprint density at radius 1 is 1.36 bits per heavy atom. The monoisotopic (exact) mass is 321 g/mol. The third-order valence-electron chi connectivity index (χ3n) is 3.31. The fourth-order valence-corrected chi connectivity index (χ4v) is 2.13. The number of aromatic nitrogens is 1. The van der Waals surface area contributed by atoms with Crippen LogP contribution in [0, 0.1) is 6.92 Å². The van der Waals surface area contributed by atoms with Gasteiger partial charge in [0.2, 0.25) is 5.89 Å². The van der Waals surface area contributed by atoms with Crippen molar-refractivity contribution in [2.24, 2.45) is 0 Å². The highest BCUT2D eigenvalue weighted by Gasteiger charge is 2.28. The number of nitrogens with zero attached hydrogens (tertiary/aromatic N) is 1. The number of carboxylic acids is 1. The fraction of sp³-hybridized carbons (Fsp3) is 0.375. The fourth-order valence-electron chi connectivity index (χ4n) is 1.73. The molecule has 0 aliphatic rings. The number of aliphatic carboxylic acids is 1. The van der Waals surface area contributed by atoms with E-state index in [1.807, 2.05) is 37.4 Å². The van der Waals surface area contributed by atoms with Crippen LogP contribution in [0.5, 0.6) is 0 Å². The zero-order valence-electron chi connectivity index (χ0n) is 13.0. The Morgan fingerprint density at radius 2 is 2.00 bits per heavy atom. The molecule has 22 heavy (non-hydrogen) atoms. The first kappa shape index (κ1) is 16.6. The van der Waals surface area contributed by atoms with Gasteiger partial charge in [-0.15, -0.1) is 11.8 Å². The van der Waals surface area contributed by atoms with Crippen molar-refractivity contribution in [1.82, 2.24) is 4.98 Å². The molecule has 1 N–H and O–H groups in total. The molecule has 0 bridgehead atoms. The van der Waals surface area contributed by atoms with Crippen LogP contribution >= 0.6 is 11.8 Å². The Kier molecular flexibility index (Phi) is 4.93. The molecule has 2 rings (SSSR count). The summed E-state index contributed by atoms with van der Waals surface area (Å²) in [5, 5.41) is 9.05. The minimum atomic E-state index is -1.26. The van der Waals surface area contributed by atoms with Gasteiger partial charge >= 0.3 is 5.97 Å². The molecular formula is C16H19NO4S. The van der Waals surface area contributed by atoms with Crippen molar-refractivity contribution in [3.63, 3.8) is 0 Å². The van der Waals surface area contributed by atoms with E-state index in [2.05, 4.69) is 4.98 Å². The highest BCUT2D eigenvalue weighted by atomic mass is 32.2. The van der Waals surface area contributed by atoms with Crippen LogP contribution < -0.4 is 0 Å². The lowest BCUT2D eigenvalue weighted by atomic mass is 10.1. The summed E-state index contributed by atoms with van der Waals surface area (Å²) in [5.74, 6) is 0.0349. The van der Waals surface area contributed by atoms with E-state index in [1.165, 1.54) is 18.7 Å². The standard InChI is InChI=1S/C16H19NO4S/c1-10-13(9-20-16(2,3)15(18)19)21-14(17-10)11-5-7-12(22-4)8-6-11/h5-8H,9H2,1-4H3,(H,18,19). The first-order valence-corrected chi connectivity index (χ1v) is 8.04. The van der Waals surface area contributed by atoms with Gasteiger partial charge in [0.05, 0.1) is 5.69 Å². The summed E-state index contributed by atoms with van der Waals surface area (Å²) in [4.78, 5) is 16.6. The zero-order valence-corrected chi connectivity index (χ0v) is 13.9. The number of ether oxygens (including phenoxy) is 1. The molecule has 118 valence electrons. The minimum absolute atomic E-state index is 0.0705. The van der Waals surface area contributed by atoms with E-state index >= 15 is 0 Å². The lowest BCUT2D eigenvalue weighted by Crippen LogP contribution is -2.34. The first-order valence-electron chi connectivity index (χ1n) is 6.81. The molecule has 5 nitrogen and oxygen atoms in total. The summed E-state index contributed by atoms with van der Waals surface area (Å²) in [7, 11) is 0. The van der Waals surface area contributed by atoms with Gasteiger partial charge in [0, 0.05) is 10.5 Å². The third-order valence-corrected chi connectivity index (χ3v) is 4.05. The molecule has 0 aliphatic carbocycles. The van der Waals surface area contributed by atoms with Crippen LogP contribution in [-0.4, -0.2) is 27.9 Å². The van der Waals surface area contributed by atoms with Gasteiger partial charge in [-0.25, -0.2) is 9.78 Å². The largest absolute Gasteiger partial charge is 0.479 e. The normalized spacial score (nSPS) is 11.6. The lowest BCUT2D eigenvalue weighted by Gasteiger charge is -2.19. The van der Waals surface area contributed by atoms with Crippen molar-refractivity contribution in [1.29, 1.82) is 0 Å². The SMILES string of the molecule is CSc1ccc(-c2nc(C)c(COC(C)(C)C(=O)O)o2)cc1. The van der Waals surface area contributed by atoms with Crippen molar-refractivity contribution in [2.75, 3.05) is 6.26 Å². The Balaban J connectivity index is 2.15. The van der Waals surface area contributed by atoms with Crippen molar-refractivity contribution < 1.29 is 19.1 Å². The highest BCUT2D eigenvalue weighted by molar-refractivity contribution is 7.98. The average molecular weight is 321 g/mol. The summed E-state index contributed by atoms with van der Waals surface area (Å²) in [5.41, 5.74) is 0.314. The average Bonchev–Trinajstić information content (AvgIpc) is 2.86. The Hall–Kier alpha value is -1.79. The van der Waals surface area contributed by atoms with E-state index in [0.717, 1.165) is 5.56 Å². The Bertz CT molecular complexity index is 661. The molecule has 0 unspecified atom stereocenters. The summed E-state index contributed by atoms with van der Waals surface area (Å²) in [6, 6.07) is 7.90. The molecule has 0 spiro atoms. The number of carbonyl (C=O) groups is 1. The molecule has 0 saturated carbocycles. The van der Waals surface area contributed by atoms with Crippen LogP contribution in [0.2, 0.25) is 0 Å². The van der Waals surface area contributed by atoms with E-state index < -0.39 is 11.6 Å². The number of hydrogen-bond acceptors (Lipinski definition) is 5. The predicted octanol–water partition coefficient (Wildman–Crippen LogP) is 3.75. The van der Waals surface area contributed by atoms with Crippen LogP contribution in [0.1, 0.15) is 25.3 Å². The molecular weight excluding hydrogens is 302 g/mol. The number of hydrogen-bond donors (Lipinski definition) is 1. The highest BCUT2D eigenvalue weighted by Crippen LogP contribution is 2.25. The second-order valence-electron chi connectivity index (χ2n) is 5.36. The maximum absolute atomic E-state index is 11.0. The lowest BCUT2D eigenvalue weighted by molar-refractivity contribution is -0.163. The molecule has 0 radical (unpaired) electrons. The van der Waals surface area contributed by atoms with E-state index in [-0.39, 0.29) is 6.61 Å². The molecule has 0 amide bonds. The smallest absolute Gasteiger partial charge is 0.335 e. The number of oxazole rings is 1. The van der Waals surface area contributed by atoms with Crippen LogP contribution in [0.4, 0.5) is 0 Å². The van der Waals surface area contributed by atoms with Gasteiger partial charge in [-0.05, 0) is 51.3 Å². The Labute approximate surface area is 133 Å². The summed E-state index contributed by atoms with van der Waals surface area (Å²) >= 11 is 1.67. The van der Waals surface area contributed by atoms with Gasteiger partial charge < -0.3 is 14.3 Å². The summed E-state index contributed by atoms with van der Waals surface area (Å²) in [6.07, 6.45) is 2.02. The molecule has 0 saturated heterocycles. The maximum Gasteiger partial charge on any atom is 0.335 e. The first-order chi connectivity index (χ1) is 10.3. The van der Waals surface area contributed by atoms with E-state index in [1.54, 1.807) is 11.8 Å². The molecule has 0 fully saturated rings. The second-order valence-corrected chi connectivity index (χ2v) is 6.24. The molecule has 1 heterocycles. The van der Waals surface area contributed by atoms with Gasteiger partial charge in [-0.2, -0.15) is 0 Å². The zero-order chi connectivity index (χ0) is 16.3. The van der Waals surface area contributed by atoms with Crippen molar-refractivity contribution in [3.8, 4) is 11.5 Å². The number of rotatable bonds is 6. The second kappa shape index (κ2) is 6.54. The third kappa shape index (κ3) is 3.69. The topological polar surface area (TPSA) is 72.6 Å². The minimum Gasteiger partial charge on any atom is -0.479 e. The number of carboxylic acid groups (broad SMARTS) is 1. The number of thioether (sulfide) groups is 1. The van der Waals surface area contributed by atoms with Crippen LogP contribution in [-0.2, 0) is 16.1 Å². The van der Waals surface area contributed by atoms with Crippen LogP contribution in [0.3, 0.4) is 0 Å². The van der Waals surface area contributed by atoms with E-state index in [9.17, 15) is 4.79 Å². The van der Waals surface area contributed by atoms with E-state index in [0.29, 0.717) is 17.3 Å². The van der Waals surface area contributed by atoms with Gasteiger partial charge in [0.25, 0.3) is 0 Å². The van der Waals surface area contributed by atoms with Crippen LogP contribution in [0.15, 0.2) is 33.6 Å². The van der Waals surface area contributed by atoms with Crippen molar-refractivity contribution >= 4 is 17.7 Å². The maximum atomic E-state index is 11.0. The molecule has 1 aromatic heterocycles. The number of benzene rings is 1. The molecule has 0 atom stereocenters. The van der Waals surface area contributed by atoms with E-state index in [4.69, 9.17) is 14.3 Å². The van der Waals surface area contributed by atoms with Crippen molar-refractivity contribution in [3.05, 3.63) is 35.7 Å². The van der Waals surface area contributed by atoms with Gasteiger partial charge in [-0.1, -0.05) is 0 Å². The van der Waals surface area contributed by atoms with Crippen LogP contribution in [0.25, 0.3) is 11.5 Å². The van der Waals surface area contributed by atoms with Crippen molar-refractivity contribution in [2.45, 2.75) is 37.9 Å². The predicted molar refractivity (Wildman–Crippen MR) is 85.0 cm³/mol. The number of aryl methyl sites for hydroxylation is 1. The van der Waals surface area contributed by atoms with Gasteiger partial charge in [0.15, 0.2) is 11.4 Å².